The van der Waals surface area contributed by atoms with Crippen molar-refractivity contribution in [2.24, 2.45) is 5.73 Å². The molecule has 2 saturated heterocycles. The summed E-state index contributed by atoms with van der Waals surface area (Å²) in [5, 5.41) is 17.6. The van der Waals surface area contributed by atoms with E-state index in [0.29, 0.717) is 12.2 Å². The average molecular weight is 218 g/mol. The fourth-order valence-corrected chi connectivity index (χ4v) is 3.16. The second kappa shape index (κ2) is 2.85. The predicted octanol–water partition coefficient (Wildman–Crippen LogP) is -1.61. The van der Waals surface area contributed by atoms with E-state index in [0.717, 1.165) is 0 Å². The van der Waals surface area contributed by atoms with Crippen LogP contribution in [0.15, 0.2) is 0 Å². The number of β-lactam (4-membered cyclic amide) rings is 1. The molecule has 0 saturated carbocycles. The highest BCUT2D eigenvalue weighted by Crippen LogP contribution is 2.43. The monoisotopic (exact) mass is 218 g/mol. The van der Waals surface area contributed by atoms with Crippen molar-refractivity contribution in [1.82, 2.24) is 4.90 Å². The number of carbonyl (C=O) groups is 2. The number of aliphatic carboxylic acids is 1. The first-order valence-electron chi connectivity index (χ1n) is 4.15. The Morgan fingerprint density at radius 1 is 1.71 bits per heavy atom. The van der Waals surface area contributed by atoms with Crippen molar-refractivity contribution in [2.45, 2.75) is 23.6 Å². The van der Waals surface area contributed by atoms with Crippen LogP contribution >= 0.6 is 11.8 Å². The molecule has 0 bridgehead atoms. The van der Waals surface area contributed by atoms with Gasteiger partial charge in [-0.1, -0.05) is 0 Å². The van der Waals surface area contributed by atoms with Crippen LogP contribution in [-0.4, -0.2) is 49.9 Å². The van der Waals surface area contributed by atoms with E-state index >= 15 is 0 Å². The third-order valence-electron chi connectivity index (χ3n) is 2.54. The molecule has 4 N–H and O–H groups in total. The Morgan fingerprint density at radius 2 is 2.36 bits per heavy atom. The molecule has 0 aromatic carbocycles. The van der Waals surface area contributed by atoms with Crippen molar-refractivity contribution in [3.05, 3.63) is 0 Å². The SMILES string of the molecule is NC1CCS[C@@H]2N1C(=O)C2(O)C(=O)O. The molecule has 2 fully saturated rings. The largest absolute Gasteiger partial charge is 0.479 e. The molecule has 6 nitrogen and oxygen atoms in total. The van der Waals surface area contributed by atoms with Crippen LogP contribution in [0.1, 0.15) is 6.42 Å². The minimum atomic E-state index is -2.26. The second-order valence-electron chi connectivity index (χ2n) is 3.36. The molecule has 0 radical (unpaired) electrons. The van der Waals surface area contributed by atoms with Gasteiger partial charge in [-0.05, 0) is 12.2 Å². The average Bonchev–Trinajstić information content (AvgIpc) is 2.15. The number of carbonyl (C=O) groups excluding carboxylic acids is 1. The number of carboxylic acids is 1. The maximum atomic E-state index is 11.4. The summed E-state index contributed by atoms with van der Waals surface area (Å²) < 4.78 is 0. The van der Waals surface area contributed by atoms with Gasteiger partial charge in [-0.25, -0.2) is 4.79 Å². The molecule has 2 rings (SSSR count). The first-order chi connectivity index (χ1) is 6.49. The molecule has 78 valence electrons. The summed E-state index contributed by atoms with van der Waals surface area (Å²) in [6.45, 7) is 0. The van der Waals surface area contributed by atoms with Gasteiger partial charge >= 0.3 is 5.97 Å². The van der Waals surface area contributed by atoms with E-state index in [1.807, 2.05) is 0 Å². The molecule has 0 aromatic heterocycles. The van der Waals surface area contributed by atoms with E-state index in [9.17, 15) is 14.7 Å². The Balaban J connectivity index is 2.27. The topological polar surface area (TPSA) is 104 Å². The van der Waals surface area contributed by atoms with Crippen molar-refractivity contribution in [1.29, 1.82) is 0 Å². The van der Waals surface area contributed by atoms with Crippen LogP contribution in [0, 0.1) is 0 Å². The van der Waals surface area contributed by atoms with Crippen LogP contribution in [0.2, 0.25) is 0 Å². The Hall–Kier alpha value is -0.790. The normalized spacial score (nSPS) is 41.6. The van der Waals surface area contributed by atoms with Crippen molar-refractivity contribution in [3.8, 4) is 0 Å². The zero-order valence-electron chi connectivity index (χ0n) is 7.21. The number of hydrogen-bond donors (Lipinski definition) is 3. The van der Waals surface area contributed by atoms with E-state index in [2.05, 4.69) is 0 Å². The van der Waals surface area contributed by atoms with Gasteiger partial charge in [-0.3, -0.25) is 4.79 Å². The lowest BCUT2D eigenvalue weighted by atomic mass is 9.91. The van der Waals surface area contributed by atoms with Crippen LogP contribution in [0.25, 0.3) is 0 Å². The summed E-state index contributed by atoms with van der Waals surface area (Å²) >= 11 is 1.25. The third-order valence-corrected chi connectivity index (χ3v) is 3.90. The molecule has 0 aliphatic carbocycles. The number of fused-ring (bicyclic) bond motifs is 1. The van der Waals surface area contributed by atoms with Gasteiger partial charge in [0.05, 0.1) is 6.17 Å². The molecule has 2 heterocycles. The first-order valence-corrected chi connectivity index (χ1v) is 5.20. The fraction of sp³-hybridized carbons (Fsp3) is 0.714. The summed E-state index contributed by atoms with van der Waals surface area (Å²) in [6.07, 6.45) is 0.163. The van der Waals surface area contributed by atoms with Crippen LogP contribution in [0.3, 0.4) is 0 Å². The zero-order chi connectivity index (χ0) is 10.5. The van der Waals surface area contributed by atoms with E-state index < -0.39 is 29.0 Å². The van der Waals surface area contributed by atoms with Gasteiger partial charge < -0.3 is 20.8 Å². The minimum absolute atomic E-state index is 0.464. The maximum absolute atomic E-state index is 11.4. The Labute approximate surface area is 84.1 Å². The lowest BCUT2D eigenvalue weighted by Crippen LogP contribution is -2.80. The fourth-order valence-electron chi connectivity index (χ4n) is 1.71. The molecule has 0 aromatic rings. The quantitative estimate of drug-likeness (QED) is 0.361. The number of hydrogen-bond acceptors (Lipinski definition) is 5. The molecule has 2 unspecified atom stereocenters. The van der Waals surface area contributed by atoms with Crippen molar-refractivity contribution in [3.63, 3.8) is 0 Å². The number of aliphatic hydroxyl groups is 1. The molecule has 7 heteroatoms. The summed E-state index contributed by atoms with van der Waals surface area (Å²) in [4.78, 5) is 23.3. The second-order valence-corrected chi connectivity index (χ2v) is 4.55. The van der Waals surface area contributed by atoms with Crippen molar-refractivity contribution in [2.75, 3.05) is 5.75 Å². The summed E-state index contributed by atoms with van der Waals surface area (Å²) in [5.74, 6) is -1.63. The van der Waals surface area contributed by atoms with E-state index in [1.165, 1.54) is 16.7 Å². The standard InChI is InChI=1S/C7H10N2O4S/c8-3-1-2-14-5-7(13,6(11)12)4(10)9(3)5/h3,5,13H,1-2,8H2,(H,11,12)/t3?,5-,7?/m0/s1. The van der Waals surface area contributed by atoms with Gasteiger partial charge in [0.2, 0.25) is 0 Å². The summed E-state index contributed by atoms with van der Waals surface area (Å²) in [5.41, 5.74) is 3.36. The molecule has 1 amide bonds. The lowest BCUT2D eigenvalue weighted by molar-refractivity contribution is -0.198. The van der Waals surface area contributed by atoms with E-state index in [-0.39, 0.29) is 0 Å². The molecule has 2 aliphatic heterocycles. The number of amides is 1. The smallest absolute Gasteiger partial charge is 0.348 e. The summed E-state index contributed by atoms with van der Waals surface area (Å²) in [7, 11) is 0. The Morgan fingerprint density at radius 3 is 2.93 bits per heavy atom. The highest BCUT2D eigenvalue weighted by atomic mass is 32.2. The number of carboxylic acid groups (broad SMARTS) is 1. The first kappa shape index (κ1) is 9.75. The number of nitrogens with zero attached hydrogens (tertiary/aromatic N) is 1. The van der Waals surface area contributed by atoms with Crippen LogP contribution in [0.5, 0.6) is 0 Å². The molecular formula is C7H10N2O4S. The van der Waals surface area contributed by atoms with Crippen LogP contribution in [-0.2, 0) is 9.59 Å². The lowest BCUT2D eigenvalue weighted by Gasteiger charge is -2.54. The molecule has 2 aliphatic rings. The molecule has 0 spiro atoms. The minimum Gasteiger partial charge on any atom is -0.479 e. The van der Waals surface area contributed by atoms with Crippen molar-refractivity contribution < 1.29 is 19.8 Å². The zero-order valence-corrected chi connectivity index (χ0v) is 8.03. The molecule has 3 atom stereocenters. The number of rotatable bonds is 1. The molecular weight excluding hydrogens is 208 g/mol. The predicted molar refractivity (Wildman–Crippen MR) is 48.3 cm³/mol. The van der Waals surface area contributed by atoms with Crippen LogP contribution < -0.4 is 5.73 Å². The van der Waals surface area contributed by atoms with Gasteiger partial charge in [0.15, 0.2) is 0 Å². The van der Waals surface area contributed by atoms with Gasteiger partial charge in [0, 0.05) is 0 Å². The maximum Gasteiger partial charge on any atom is 0.348 e. The van der Waals surface area contributed by atoms with Crippen LogP contribution in [0.4, 0.5) is 0 Å². The molecule has 14 heavy (non-hydrogen) atoms. The number of nitrogens with two attached hydrogens (primary N) is 1. The summed E-state index contributed by atoms with van der Waals surface area (Å²) in [6, 6.07) is 0. The van der Waals surface area contributed by atoms with Gasteiger partial charge in [-0.15, -0.1) is 11.8 Å². The Kier molecular flexibility index (Phi) is 1.98. The highest BCUT2D eigenvalue weighted by Gasteiger charge is 2.68. The van der Waals surface area contributed by atoms with E-state index in [1.54, 1.807) is 0 Å². The van der Waals surface area contributed by atoms with E-state index in [4.69, 9.17) is 10.8 Å². The third kappa shape index (κ3) is 0.943. The Bertz CT molecular complexity index is 310. The van der Waals surface area contributed by atoms with Gasteiger partial charge in [-0.2, -0.15) is 0 Å². The van der Waals surface area contributed by atoms with Gasteiger partial charge in [0.1, 0.15) is 5.37 Å². The van der Waals surface area contributed by atoms with Crippen molar-refractivity contribution >= 4 is 23.6 Å². The van der Waals surface area contributed by atoms with Gasteiger partial charge in [0.25, 0.3) is 11.5 Å². The highest BCUT2D eigenvalue weighted by molar-refractivity contribution is 8.00. The number of thioether (sulfide) groups is 1.